The lowest BCUT2D eigenvalue weighted by atomic mass is 9.94. The molecule has 1 aromatic rings. The third kappa shape index (κ3) is 3.35. The fourth-order valence-corrected chi connectivity index (χ4v) is 3.69. The van der Waals surface area contributed by atoms with Crippen LogP contribution in [0.3, 0.4) is 0 Å². The maximum atomic E-state index is 5.56. The van der Waals surface area contributed by atoms with Crippen molar-refractivity contribution in [2.75, 3.05) is 33.0 Å². The van der Waals surface area contributed by atoms with Gasteiger partial charge in [0.25, 0.3) is 0 Å². The molecule has 0 aromatic heterocycles. The highest BCUT2D eigenvalue weighted by Gasteiger charge is 2.27. The minimum absolute atomic E-state index is 0.327. The van der Waals surface area contributed by atoms with Crippen molar-refractivity contribution in [3.63, 3.8) is 0 Å². The predicted molar refractivity (Wildman–Crippen MR) is 86.9 cm³/mol. The quantitative estimate of drug-likeness (QED) is 0.900. The molecule has 1 fully saturated rings. The van der Waals surface area contributed by atoms with Crippen molar-refractivity contribution in [3.8, 4) is 11.5 Å². The smallest absolute Gasteiger partial charge is 0.231 e. The summed E-state index contributed by atoms with van der Waals surface area (Å²) in [7, 11) is 0. The lowest BCUT2D eigenvalue weighted by Gasteiger charge is -2.36. The van der Waals surface area contributed by atoms with Gasteiger partial charge < -0.3 is 14.8 Å². The van der Waals surface area contributed by atoms with Gasteiger partial charge in [-0.2, -0.15) is 0 Å². The number of hydrogen-bond donors (Lipinski definition) is 1. The molecule has 2 aliphatic heterocycles. The van der Waals surface area contributed by atoms with E-state index in [0.29, 0.717) is 18.8 Å². The Hall–Kier alpha value is -0.780. The van der Waals surface area contributed by atoms with E-state index in [-0.39, 0.29) is 0 Å². The van der Waals surface area contributed by atoms with Crippen LogP contribution in [-0.4, -0.2) is 37.9 Å². The molecule has 1 aromatic carbocycles. The van der Waals surface area contributed by atoms with E-state index in [0.717, 1.165) is 48.6 Å². The summed E-state index contributed by atoms with van der Waals surface area (Å²) in [5.74, 6) is 2.37. The molecule has 0 unspecified atom stereocenters. The van der Waals surface area contributed by atoms with E-state index in [1.165, 1.54) is 5.56 Å². The van der Waals surface area contributed by atoms with Gasteiger partial charge in [0.2, 0.25) is 6.79 Å². The van der Waals surface area contributed by atoms with Crippen molar-refractivity contribution < 1.29 is 9.47 Å². The number of ether oxygens (including phenoxy) is 2. The molecule has 116 valence electrons. The molecule has 0 saturated carbocycles. The molecule has 1 atom stereocenters. The van der Waals surface area contributed by atoms with E-state index < -0.39 is 0 Å². The largest absolute Gasteiger partial charge is 0.454 e. The Morgan fingerprint density at radius 2 is 1.86 bits per heavy atom. The van der Waals surface area contributed by atoms with Gasteiger partial charge in [0.1, 0.15) is 0 Å². The first-order valence-corrected chi connectivity index (χ1v) is 8.48. The highest BCUT2D eigenvalue weighted by Crippen LogP contribution is 2.42. The summed E-state index contributed by atoms with van der Waals surface area (Å²) in [4.78, 5) is 2.58. The Morgan fingerprint density at radius 1 is 1.19 bits per heavy atom. The summed E-state index contributed by atoms with van der Waals surface area (Å²) in [6, 6.07) is 4.63. The van der Waals surface area contributed by atoms with Gasteiger partial charge in [0.15, 0.2) is 11.5 Å². The number of benzene rings is 1. The molecule has 2 heterocycles. The topological polar surface area (TPSA) is 33.7 Å². The van der Waals surface area contributed by atoms with E-state index in [2.05, 4.69) is 46.1 Å². The SMILES string of the molecule is CC(C)C[C@H](c1cc2c(cc1Br)OCO2)N1CCNCC1. The van der Waals surface area contributed by atoms with E-state index >= 15 is 0 Å². The summed E-state index contributed by atoms with van der Waals surface area (Å²) >= 11 is 3.73. The molecular formula is C16H23BrN2O2. The number of nitrogens with zero attached hydrogens (tertiary/aromatic N) is 1. The average molecular weight is 355 g/mol. The average Bonchev–Trinajstić information content (AvgIpc) is 2.92. The zero-order valence-corrected chi connectivity index (χ0v) is 14.3. The van der Waals surface area contributed by atoms with Crippen molar-refractivity contribution in [3.05, 3.63) is 22.2 Å². The lowest BCUT2D eigenvalue weighted by Crippen LogP contribution is -2.45. The molecule has 1 saturated heterocycles. The summed E-state index contributed by atoms with van der Waals surface area (Å²) < 4.78 is 12.1. The van der Waals surface area contributed by atoms with Gasteiger partial charge in [0.05, 0.1) is 0 Å². The molecule has 0 spiro atoms. The minimum Gasteiger partial charge on any atom is -0.454 e. The Labute approximate surface area is 134 Å². The highest BCUT2D eigenvalue weighted by atomic mass is 79.9. The first kappa shape index (κ1) is 15.1. The van der Waals surface area contributed by atoms with Crippen LogP contribution >= 0.6 is 15.9 Å². The van der Waals surface area contributed by atoms with E-state index in [1.54, 1.807) is 0 Å². The molecule has 5 heteroatoms. The van der Waals surface area contributed by atoms with E-state index in [9.17, 15) is 0 Å². The van der Waals surface area contributed by atoms with Crippen LogP contribution in [0.1, 0.15) is 31.9 Å². The van der Waals surface area contributed by atoms with E-state index in [1.807, 2.05) is 6.07 Å². The molecule has 3 rings (SSSR count). The van der Waals surface area contributed by atoms with Gasteiger partial charge in [-0.3, -0.25) is 4.90 Å². The molecule has 2 aliphatic rings. The predicted octanol–water partition coefficient (Wildman–Crippen LogP) is 3.17. The van der Waals surface area contributed by atoms with Crippen molar-refractivity contribution in [1.82, 2.24) is 10.2 Å². The van der Waals surface area contributed by atoms with Crippen molar-refractivity contribution in [1.29, 1.82) is 0 Å². The van der Waals surface area contributed by atoms with Crippen LogP contribution in [-0.2, 0) is 0 Å². The van der Waals surface area contributed by atoms with Gasteiger partial charge in [-0.15, -0.1) is 0 Å². The van der Waals surface area contributed by atoms with Crippen LogP contribution in [0.25, 0.3) is 0 Å². The van der Waals surface area contributed by atoms with Crippen LogP contribution in [0.5, 0.6) is 11.5 Å². The molecule has 0 radical (unpaired) electrons. The van der Waals surface area contributed by atoms with Crippen LogP contribution < -0.4 is 14.8 Å². The highest BCUT2D eigenvalue weighted by molar-refractivity contribution is 9.10. The van der Waals surface area contributed by atoms with Crippen LogP contribution in [0, 0.1) is 5.92 Å². The van der Waals surface area contributed by atoms with Crippen LogP contribution in [0.4, 0.5) is 0 Å². The number of rotatable bonds is 4. The molecular weight excluding hydrogens is 332 g/mol. The summed E-state index contributed by atoms with van der Waals surface area (Å²) in [5, 5.41) is 3.43. The minimum atomic E-state index is 0.327. The van der Waals surface area contributed by atoms with Gasteiger partial charge >= 0.3 is 0 Å². The Kier molecular flexibility index (Phi) is 4.72. The second kappa shape index (κ2) is 6.55. The van der Waals surface area contributed by atoms with Gasteiger partial charge in [0, 0.05) is 36.7 Å². The second-order valence-corrected chi connectivity index (χ2v) is 7.01. The fourth-order valence-electron chi connectivity index (χ4n) is 3.10. The van der Waals surface area contributed by atoms with Crippen molar-refractivity contribution in [2.24, 2.45) is 5.92 Å². The molecule has 0 bridgehead atoms. The summed E-state index contributed by atoms with van der Waals surface area (Å²) in [5.41, 5.74) is 1.31. The van der Waals surface area contributed by atoms with E-state index in [4.69, 9.17) is 9.47 Å². The van der Waals surface area contributed by atoms with Crippen molar-refractivity contribution >= 4 is 15.9 Å². The van der Waals surface area contributed by atoms with Crippen LogP contribution in [0.15, 0.2) is 16.6 Å². The van der Waals surface area contributed by atoms with Gasteiger partial charge in [-0.05, 0) is 30.0 Å². The first-order valence-electron chi connectivity index (χ1n) is 7.69. The number of hydrogen-bond acceptors (Lipinski definition) is 4. The molecule has 4 nitrogen and oxygen atoms in total. The Morgan fingerprint density at radius 3 is 2.52 bits per heavy atom. The zero-order chi connectivity index (χ0) is 14.8. The number of piperazine rings is 1. The maximum Gasteiger partial charge on any atom is 0.231 e. The second-order valence-electron chi connectivity index (χ2n) is 6.16. The molecule has 0 amide bonds. The normalized spacial score (nSPS) is 20.0. The lowest BCUT2D eigenvalue weighted by molar-refractivity contribution is 0.153. The van der Waals surface area contributed by atoms with Gasteiger partial charge in [-0.1, -0.05) is 29.8 Å². The zero-order valence-electron chi connectivity index (χ0n) is 12.7. The fraction of sp³-hybridized carbons (Fsp3) is 0.625. The third-order valence-corrected chi connectivity index (χ3v) is 4.82. The first-order chi connectivity index (χ1) is 10.1. The monoisotopic (exact) mass is 354 g/mol. The van der Waals surface area contributed by atoms with Gasteiger partial charge in [-0.25, -0.2) is 0 Å². The summed E-state index contributed by atoms with van der Waals surface area (Å²) in [6.45, 7) is 9.23. The molecule has 0 aliphatic carbocycles. The Bertz CT molecular complexity index is 501. The van der Waals surface area contributed by atoms with Crippen molar-refractivity contribution in [2.45, 2.75) is 26.3 Å². The summed E-state index contributed by atoms with van der Waals surface area (Å²) in [6.07, 6.45) is 1.15. The Balaban J connectivity index is 1.91. The molecule has 21 heavy (non-hydrogen) atoms. The third-order valence-electron chi connectivity index (χ3n) is 4.14. The maximum absolute atomic E-state index is 5.56. The number of fused-ring (bicyclic) bond motifs is 1. The standard InChI is InChI=1S/C16H23BrN2O2/c1-11(2)7-14(19-5-3-18-4-6-19)12-8-15-16(9-13(12)17)21-10-20-15/h8-9,11,14,18H,3-7,10H2,1-2H3/t14-/m1/s1. The van der Waals surface area contributed by atoms with Crippen LogP contribution in [0.2, 0.25) is 0 Å². The number of halogens is 1. The number of nitrogens with one attached hydrogen (secondary N) is 1. The molecule has 1 N–H and O–H groups in total.